The molecule has 0 bridgehead atoms. The van der Waals surface area contributed by atoms with Crippen molar-refractivity contribution in [3.63, 3.8) is 0 Å². The third kappa shape index (κ3) is 4.78. The minimum atomic E-state index is -0.110. The van der Waals surface area contributed by atoms with Gasteiger partial charge in [0.2, 0.25) is 5.91 Å². The Morgan fingerprint density at radius 3 is 2.95 bits per heavy atom. The van der Waals surface area contributed by atoms with Crippen molar-refractivity contribution in [3.8, 4) is 0 Å². The van der Waals surface area contributed by atoms with Crippen molar-refractivity contribution < 1.29 is 4.79 Å². The molecular weight excluding hydrogens is 300 g/mol. The van der Waals surface area contributed by atoms with Crippen LogP contribution in [0.25, 0.3) is 0 Å². The summed E-state index contributed by atoms with van der Waals surface area (Å²) in [6.07, 6.45) is 2.11. The molecular formula is C16H22N2OS2. The summed E-state index contributed by atoms with van der Waals surface area (Å²) in [4.78, 5) is 16.8. The molecule has 0 spiro atoms. The second-order valence-electron chi connectivity index (χ2n) is 5.25. The van der Waals surface area contributed by atoms with Crippen LogP contribution >= 0.6 is 23.5 Å². The van der Waals surface area contributed by atoms with Gasteiger partial charge in [-0.3, -0.25) is 4.79 Å². The quantitative estimate of drug-likeness (QED) is 0.876. The number of benzene rings is 1. The van der Waals surface area contributed by atoms with Crippen molar-refractivity contribution in [1.82, 2.24) is 5.32 Å². The molecule has 1 amide bonds. The molecule has 3 nitrogen and oxygen atoms in total. The lowest BCUT2D eigenvalue weighted by Crippen LogP contribution is -2.37. The molecule has 0 aromatic heterocycles. The van der Waals surface area contributed by atoms with Crippen molar-refractivity contribution in [3.05, 3.63) is 29.8 Å². The fourth-order valence-corrected chi connectivity index (χ4v) is 4.34. The van der Waals surface area contributed by atoms with Crippen molar-refractivity contribution in [1.29, 1.82) is 0 Å². The van der Waals surface area contributed by atoms with Crippen molar-refractivity contribution >= 4 is 39.5 Å². The smallest absolute Gasteiger partial charge is 0.233 e. The molecule has 5 heteroatoms. The fraction of sp³-hybridized carbons (Fsp3) is 0.500. The molecule has 0 saturated carbocycles. The highest BCUT2D eigenvalue weighted by molar-refractivity contribution is 8.39. The molecule has 21 heavy (non-hydrogen) atoms. The van der Waals surface area contributed by atoms with E-state index in [1.54, 1.807) is 23.5 Å². The maximum atomic E-state index is 12.2. The number of rotatable bonds is 5. The Balaban J connectivity index is 1.93. The molecule has 0 aliphatic carbocycles. The summed E-state index contributed by atoms with van der Waals surface area (Å²) in [6, 6.07) is 8.42. The second-order valence-corrected chi connectivity index (χ2v) is 7.81. The Kier molecular flexibility index (Phi) is 6.18. The van der Waals surface area contributed by atoms with E-state index in [0.29, 0.717) is 0 Å². The van der Waals surface area contributed by atoms with Gasteiger partial charge in [-0.15, -0.1) is 0 Å². The van der Waals surface area contributed by atoms with Crippen LogP contribution in [0, 0.1) is 0 Å². The minimum Gasteiger partial charge on any atom is -0.353 e. The van der Waals surface area contributed by atoms with E-state index in [0.717, 1.165) is 28.7 Å². The van der Waals surface area contributed by atoms with E-state index in [1.165, 1.54) is 5.56 Å². The number of aliphatic imine (C=N–C) groups is 1. The number of thioether (sulfide) groups is 2. The third-order valence-corrected chi connectivity index (χ3v) is 5.61. The Morgan fingerprint density at radius 1 is 1.43 bits per heavy atom. The Hall–Kier alpha value is -0.940. The lowest BCUT2D eigenvalue weighted by atomic mass is 10.2. The molecule has 1 aliphatic rings. The highest BCUT2D eigenvalue weighted by Crippen LogP contribution is 2.35. The molecule has 1 aromatic carbocycles. The molecule has 1 aliphatic heterocycles. The number of fused-ring (bicyclic) bond motifs is 1. The molecule has 0 unspecified atom stereocenters. The first kappa shape index (κ1) is 16.4. The van der Waals surface area contributed by atoms with Gasteiger partial charge < -0.3 is 5.32 Å². The van der Waals surface area contributed by atoms with E-state index in [2.05, 4.69) is 30.2 Å². The first-order valence-corrected chi connectivity index (χ1v) is 9.23. The first-order valence-electron chi connectivity index (χ1n) is 7.36. The zero-order valence-electron chi connectivity index (χ0n) is 12.8. The van der Waals surface area contributed by atoms with Gasteiger partial charge in [0.25, 0.3) is 0 Å². The summed E-state index contributed by atoms with van der Waals surface area (Å²) in [5.41, 5.74) is 2.30. The third-order valence-electron chi connectivity index (χ3n) is 3.31. The molecule has 2 rings (SSSR count). The van der Waals surface area contributed by atoms with Crippen LogP contribution in [-0.4, -0.2) is 21.6 Å². The fourth-order valence-electron chi connectivity index (χ4n) is 2.14. The van der Waals surface area contributed by atoms with Gasteiger partial charge in [-0.05, 0) is 31.9 Å². The van der Waals surface area contributed by atoms with E-state index >= 15 is 0 Å². The van der Waals surface area contributed by atoms with Crippen LogP contribution in [0.1, 0.15) is 39.2 Å². The van der Waals surface area contributed by atoms with E-state index in [-0.39, 0.29) is 17.2 Å². The molecule has 2 atom stereocenters. The largest absolute Gasteiger partial charge is 0.353 e. The van der Waals surface area contributed by atoms with E-state index in [9.17, 15) is 4.79 Å². The van der Waals surface area contributed by atoms with Gasteiger partial charge in [0.05, 0.1) is 10.9 Å². The monoisotopic (exact) mass is 322 g/mol. The van der Waals surface area contributed by atoms with Gasteiger partial charge in [-0.25, -0.2) is 4.99 Å². The summed E-state index contributed by atoms with van der Waals surface area (Å²) in [6.45, 7) is 6.13. The number of nitrogens with zero attached hydrogens (tertiary/aromatic N) is 1. The second kappa shape index (κ2) is 7.90. The molecule has 1 aromatic rings. The number of para-hydroxylation sites is 1. The van der Waals surface area contributed by atoms with Crippen LogP contribution in [0.4, 0.5) is 5.69 Å². The lowest BCUT2D eigenvalue weighted by Gasteiger charge is -2.19. The molecule has 1 N–H and O–H groups in total. The van der Waals surface area contributed by atoms with Crippen LogP contribution in [0.2, 0.25) is 0 Å². The number of nitrogens with one attached hydrogen (secondary N) is 1. The van der Waals surface area contributed by atoms with Gasteiger partial charge in [-0.1, -0.05) is 55.1 Å². The highest BCUT2D eigenvalue weighted by Gasteiger charge is 2.20. The Bertz CT molecular complexity index is 531. The SMILES string of the molecule is CCC[C@@H](C)NC(=O)[C@H](C)SC1=Nc2ccccc2CS1. The van der Waals surface area contributed by atoms with Gasteiger partial charge in [0, 0.05) is 11.8 Å². The maximum absolute atomic E-state index is 12.2. The molecule has 114 valence electrons. The topological polar surface area (TPSA) is 41.5 Å². The summed E-state index contributed by atoms with van der Waals surface area (Å²) < 4.78 is 0.986. The van der Waals surface area contributed by atoms with Crippen LogP contribution < -0.4 is 5.32 Å². The van der Waals surface area contributed by atoms with Gasteiger partial charge in [-0.2, -0.15) is 0 Å². The van der Waals surface area contributed by atoms with Crippen LogP contribution in [-0.2, 0) is 10.5 Å². The Morgan fingerprint density at radius 2 is 2.19 bits per heavy atom. The number of carbonyl (C=O) groups is 1. The maximum Gasteiger partial charge on any atom is 0.233 e. The summed E-state index contributed by atoms with van der Waals surface area (Å²) >= 11 is 3.27. The van der Waals surface area contributed by atoms with Crippen LogP contribution in [0.3, 0.4) is 0 Å². The summed E-state index contributed by atoms with van der Waals surface area (Å²) in [7, 11) is 0. The van der Waals surface area contributed by atoms with Crippen LogP contribution in [0.15, 0.2) is 29.3 Å². The van der Waals surface area contributed by atoms with Gasteiger partial charge in [0.15, 0.2) is 0 Å². The predicted molar refractivity (Wildman–Crippen MR) is 94.4 cm³/mol. The zero-order valence-corrected chi connectivity index (χ0v) is 14.4. The van der Waals surface area contributed by atoms with Crippen molar-refractivity contribution in [2.24, 2.45) is 4.99 Å². The number of hydrogen-bond donors (Lipinski definition) is 1. The predicted octanol–water partition coefficient (Wildman–Crippen LogP) is 4.35. The van der Waals surface area contributed by atoms with Crippen molar-refractivity contribution in [2.75, 3.05) is 0 Å². The minimum absolute atomic E-state index is 0.100. The number of amides is 1. The van der Waals surface area contributed by atoms with Crippen molar-refractivity contribution in [2.45, 2.75) is 50.7 Å². The van der Waals surface area contributed by atoms with Crippen LogP contribution in [0.5, 0.6) is 0 Å². The molecule has 0 fully saturated rings. The van der Waals surface area contributed by atoms with E-state index in [4.69, 9.17) is 0 Å². The number of carbonyl (C=O) groups excluding carboxylic acids is 1. The standard InChI is InChI=1S/C16H22N2OS2/c1-4-7-11(2)17-15(19)12(3)21-16-18-14-9-6-5-8-13(14)10-20-16/h5-6,8-9,11-12H,4,7,10H2,1-3H3,(H,17,19)/t11-,12+/m1/s1. The van der Waals surface area contributed by atoms with E-state index < -0.39 is 0 Å². The Labute approximate surface area is 135 Å². The molecule has 0 saturated heterocycles. The highest BCUT2D eigenvalue weighted by atomic mass is 32.2. The zero-order chi connectivity index (χ0) is 15.2. The summed E-state index contributed by atoms with van der Waals surface area (Å²) in [5.74, 6) is 1.03. The normalized spacial score (nSPS) is 16.6. The number of hydrogen-bond acceptors (Lipinski definition) is 4. The first-order chi connectivity index (χ1) is 10.1. The molecule has 0 radical (unpaired) electrons. The average molecular weight is 322 g/mol. The van der Waals surface area contributed by atoms with E-state index in [1.807, 2.05) is 25.1 Å². The average Bonchev–Trinajstić information content (AvgIpc) is 2.47. The van der Waals surface area contributed by atoms with Gasteiger partial charge in [0.1, 0.15) is 4.38 Å². The lowest BCUT2D eigenvalue weighted by molar-refractivity contribution is -0.120. The summed E-state index contributed by atoms with van der Waals surface area (Å²) in [5, 5.41) is 2.95. The van der Waals surface area contributed by atoms with Gasteiger partial charge >= 0.3 is 0 Å². The molecule has 1 heterocycles.